The Labute approximate surface area is 197 Å². The van der Waals surface area contributed by atoms with Crippen molar-refractivity contribution >= 4 is 28.5 Å². The second-order valence-electron chi connectivity index (χ2n) is 9.08. The summed E-state index contributed by atoms with van der Waals surface area (Å²) in [4.78, 5) is 26.8. The summed E-state index contributed by atoms with van der Waals surface area (Å²) in [5.41, 5.74) is 3.40. The Hall–Kier alpha value is -3.26. The Balaban J connectivity index is 1.34. The maximum Gasteiger partial charge on any atom is 0.410 e. The van der Waals surface area contributed by atoms with Crippen molar-refractivity contribution in [2.45, 2.75) is 52.2 Å². The van der Waals surface area contributed by atoms with Crippen LogP contribution in [-0.4, -0.2) is 39.2 Å². The zero-order valence-corrected chi connectivity index (χ0v) is 19.9. The van der Waals surface area contributed by atoms with E-state index in [9.17, 15) is 9.59 Å². The SMILES string of the molecule is CC(C)(C)OC(=O)N1CCc2cc(C(=O)Nc3nnc(CCc4ccccc4)s3)ccc2C1. The van der Waals surface area contributed by atoms with Gasteiger partial charge in [0.15, 0.2) is 0 Å². The lowest BCUT2D eigenvalue weighted by Gasteiger charge is -2.31. The lowest BCUT2D eigenvalue weighted by molar-refractivity contribution is 0.0224. The predicted octanol–water partition coefficient (Wildman–Crippen LogP) is 4.87. The molecule has 1 N–H and O–H groups in total. The van der Waals surface area contributed by atoms with E-state index in [0.29, 0.717) is 30.2 Å². The average molecular weight is 465 g/mol. The molecule has 0 fully saturated rings. The number of hydrogen-bond donors (Lipinski definition) is 1. The smallest absolute Gasteiger partial charge is 0.410 e. The highest BCUT2D eigenvalue weighted by Gasteiger charge is 2.26. The third kappa shape index (κ3) is 6.16. The Morgan fingerprint density at radius 1 is 1.06 bits per heavy atom. The van der Waals surface area contributed by atoms with Gasteiger partial charge < -0.3 is 9.64 Å². The van der Waals surface area contributed by atoms with Gasteiger partial charge in [0, 0.05) is 25.1 Å². The summed E-state index contributed by atoms with van der Waals surface area (Å²) in [7, 11) is 0. The van der Waals surface area contributed by atoms with E-state index < -0.39 is 5.60 Å². The van der Waals surface area contributed by atoms with Gasteiger partial charge in [-0.05, 0) is 62.4 Å². The second-order valence-corrected chi connectivity index (χ2v) is 10.1. The van der Waals surface area contributed by atoms with Gasteiger partial charge >= 0.3 is 6.09 Å². The van der Waals surface area contributed by atoms with E-state index in [2.05, 4.69) is 27.6 Å². The largest absolute Gasteiger partial charge is 0.444 e. The first-order chi connectivity index (χ1) is 15.8. The van der Waals surface area contributed by atoms with Crippen LogP contribution in [0.25, 0.3) is 0 Å². The summed E-state index contributed by atoms with van der Waals surface area (Å²) in [6.07, 6.45) is 2.03. The molecule has 0 bridgehead atoms. The lowest BCUT2D eigenvalue weighted by atomic mass is 9.97. The molecule has 3 aromatic rings. The van der Waals surface area contributed by atoms with Gasteiger partial charge in [0.05, 0.1) is 0 Å². The molecule has 0 saturated carbocycles. The number of carbonyl (C=O) groups excluding carboxylic acids is 2. The minimum atomic E-state index is -0.522. The summed E-state index contributed by atoms with van der Waals surface area (Å²) in [5.74, 6) is -0.210. The second kappa shape index (κ2) is 9.70. The molecule has 0 saturated heterocycles. The maximum atomic E-state index is 12.8. The molecule has 8 heteroatoms. The molecule has 2 amide bonds. The molecule has 1 aliphatic rings. The highest BCUT2D eigenvalue weighted by molar-refractivity contribution is 7.15. The lowest BCUT2D eigenvalue weighted by Crippen LogP contribution is -2.39. The first-order valence-corrected chi connectivity index (χ1v) is 11.9. The van der Waals surface area contributed by atoms with Gasteiger partial charge in [0.1, 0.15) is 10.6 Å². The average Bonchev–Trinajstić information content (AvgIpc) is 3.23. The van der Waals surface area contributed by atoms with Gasteiger partial charge in [0.2, 0.25) is 5.13 Å². The van der Waals surface area contributed by atoms with Gasteiger partial charge in [-0.25, -0.2) is 4.79 Å². The van der Waals surface area contributed by atoms with Crippen LogP contribution in [0, 0.1) is 0 Å². The number of aryl methyl sites for hydroxylation is 2. The Morgan fingerprint density at radius 3 is 2.61 bits per heavy atom. The number of rotatable bonds is 5. The summed E-state index contributed by atoms with van der Waals surface area (Å²) in [6.45, 7) is 6.62. The Bertz CT molecular complexity index is 1140. The number of benzene rings is 2. The Kier molecular flexibility index (Phi) is 6.74. The van der Waals surface area contributed by atoms with Crippen molar-refractivity contribution in [1.29, 1.82) is 0 Å². The van der Waals surface area contributed by atoms with Gasteiger partial charge in [-0.1, -0.05) is 47.7 Å². The van der Waals surface area contributed by atoms with Crippen molar-refractivity contribution in [3.05, 3.63) is 75.8 Å². The van der Waals surface area contributed by atoms with Crippen LogP contribution in [0.15, 0.2) is 48.5 Å². The topological polar surface area (TPSA) is 84.4 Å². The molecule has 0 radical (unpaired) electrons. The number of ether oxygens (including phenoxy) is 1. The number of fused-ring (bicyclic) bond motifs is 1. The molecule has 4 rings (SSSR count). The van der Waals surface area contributed by atoms with E-state index in [0.717, 1.165) is 29.0 Å². The fourth-order valence-corrected chi connectivity index (χ4v) is 4.38. The molecule has 1 aliphatic heterocycles. The molecule has 2 aromatic carbocycles. The summed E-state index contributed by atoms with van der Waals surface area (Å²) in [6, 6.07) is 15.8. The fraction of sp³-hybridized carbons (Fsp3) is 0.360. The quantitative estimate of drug-likeness (QED) is 0.582. The molecular formula is C25H28N4O3S. The van der Waals surface area contributed by atoms with Crippen molar-refractivity contribution in [2.24, 2.45) is 0 Å². The van der Waals surface area contributed by atoms with E-state index in [-0.39, 0.29) is 12.0 Å². The molecule has 172 valence electrons. The van der Waals surface area contributed by atoms with Crippen LogP contribution < -0.4 is 5.32 Å². The zero-order chi connectivity index (χ0) is 23.4. The highest BCUT2D eigenvalue weighted by Crippen LogP contribution is 2.24. The number of nitrogens with zero attached hydrogens (tertiary/aromatic N) is 3. The molecule has 33 heavy (non-hydrogen) atoms. The molecule has 0 aliphatic carbocycles. The predicted molar refractivity (Wildman–Crippen MR) is 129 cm³/mol. The number of amides is 2. The van der Waals surface area contributed by atoms with E-state index in [1.807, 2.05) is 51.1 Å². The monoisotopic (exact) mass is 464 g/mol. The van der Waals surface area contributed by atoms with Crippen LogP contribution in [0.2, 0.25) is 0 Å². The van der Waals surface area contributed by atoms with Crippen LogP contribution >= 0.6 is 11.3 Å². The van der Waals surface area contributed by atoms with Crippen molar-refractivity contribution in [3.8, 4) is 0 Å². The van der Waals surface area contributed by atoms with E-state index >= 15 is 0 Å². The van der Waals surface area contributed by atoms with E-state index in [4.69, 9.17) is 4.74 Å². The van der Waals surface area contributed by atoms with Crippen LogP contribution in [0.1, 0.15) is 52.8 Å². The highest BCUT2D eigenvalue weighted by atomic mass is 32.1. The summed E-state index contributed by atoms with van der Waals surface area (Å²) in [5, 5.41) is 12.6. The Morgan fingerprint density at radius 2 is 1.85 bits per heavy atom. The molecule has 7 nitrogen and oxygen atoms in total. The van der Waals surface area contributed by atoms with Crippen molar-refractivity contribution in [3.63, 3.8) is 0 Å². The van der Waals surface area contributed by atoms with Crippen LogP contribution in [-0.2, 0) is 30.5 Å². The van der Waals surface area contributed by atoms with Crippen LogP contribution in [0.3, 0.4) is 0 Å². The van der Waals surface area contributed by atoms with Gasteiger partial charge in [-0.2, -0.15) is 0 Å². The van der Waals surface area contributed by atoms with Crippen LogP contribution in [0.4, 0.5) is 9.93 Å². The number of aromatic nitrogens is 2. The molecule has 0 atom stereocenters. The molecule has 0 unspecified atom stereocenters. The number of hydrogen-bond acceptors (Lipinski definition) is 6. The van der Waals surface area contributed by atoms with Gasteiger partial charge in [-0.3, -0.25) is 10.1 Å². The normalized spacial score (nSPS) is 13.4. The number of anilines is 1. The van der Waals surface area contributed by atoms with E-state index in [1.165, 1.54) is 16.9 Å². The van der Waals surface area contributed by atoms with Crippen molar-refractivity contribution in [2.75, 3.05) is 11.9 Å². The van der Waals surface area contributed by atoms with Gasteiger partial charge in [-0.15, -0.1) is 10.2 Å². The van der Waals surface area contributed by atoms with Crippen molar-refractivity contribution in [1.82, 2.24) is 15.1 Å². The first-order valence-electron chi connectivity index (χ1n) is 11.0. The van der Waals surface area contributed by atoms with Crippen LogP contribution in [0.5, 0.6) is 0 Å². The third-order valence-corrected chi connectivity index (χ3v) is 6.19. The minimum absolute atomic E-state index is 0.210. The summed E-state index contributed by atoms with van der Waals surface area (Å²) >= 11 is 1.40. The molecule has 2 heterocycles. The maximum absolute atomic E-state index is 12.8. The molecular weight excluding hydrogens is 436 g/mol. The number of nitrogens with one attached hydrogen (secondary N) is 1. The zero-order valence-electron chi connectivity index (χ0n) is 19.1. The molecule has 0 spiro atoms. The third-order valence-electron chi connectivity index (χ3n) is 5.29. The standard InChI is InChI=1S/C25H28N4O3S/c1-25(2,3)32-24(31)29-14-13-18-15-19(10-11-20(18)16-29)22(30)26-23-28-27-21(33-23)12-9-17-7-5-4-6-8-17/h4-8,10-11,15H,9,12-14,16H2,1-3H3,(H,26,28,30). The fourth-order valence-electron chi connectivity index (χ4n) is 3.65. The number of carbonyl (C=O) groups is 2. The van der Waals surface area contributed by atoms with Crippen molar-refractivity contribution < 1.29 is 14.3 Å². The first kappa shape index (κ1) is 22.9. The van der Waals surface area contributed by atoms with E-state index in [1.54, 1.807) is 11.0 Å². The van der Waals surface area contributed by atoms with Gasteiger partial charge in [0.25, 0.3) is 5.91 Å². The minimum Gasteiger partial charge on any atom is -0.444 e. The molecule has 1 aromatic heterocycles. The summed E-state index contributed by atoms with van der Waals surface area (Å²) < 4.78 is 5.48.